The first-order valence-corrected chi connectivity index (χ1v) is 8.73. The van der Waals surface area contributed by atoms with Gasteiger partial charge in [-0.1, -0.05) is 44.4 Å². The van der Waals surface area contributed by atoms with Crippen LogP contribution in [0.3, 0.4) is 0 Å². The molecule has 0 radical (unpaired) electrons. The Labute approximate surface area is 135 Å². The lowest BCUT2D eigenvalue weighted by molar-refractivity contribution is 0.625. The molecule has 0 fully saturated rings. The van der Waals surface area contributed by atoms with Gasteiger partial charge in [0.05, 0.1) is 10.7 Å². The number of hydrogen-bond acceptors (Lipinski definition) is 2. The number of nitrogens with one attached hydrogen (secondary N) is 1. The average Bonchev–Trinajstić information content (AvgIpc) is 2.45. The summed E-state index contributed by atoms with van der Waals surface area (Å²) in [6.07, 6.45) is 4.91. The highest BCUT2D eigenvalue weighted by molar-refractivity contribution is 6.33. The number of rotatable bonds is 10. The van der Waals surface area contributed by atoms with Crippen molar-refractivity contribution in [3.63, 3.8) is 0 Å². The fourth-order valence-electron chi connectivity index (χ4n) is 2.49. The van der Waals surface area contributed by atoms with E-state index < -0.39 is 0 Å². The quantitative estimate of drug-likeness (QED) is 0.594. The standard InChI is InChI=1S/C18H31ClN2/c1-5-7-8-12-21(15(3)4)18-10-9-16(13-17(18)19)14-20-11-6-2/h9-10,13,15,20H,5-8,11-12,14H2,1-4H3. The Bertz CT molecular complexity index is 404. The van der Waals surface area contributed by atoms with Crippen molar-refractivity contribution in [1.29, 1.82) is 0 Å². The van der Waals surface area contributed by atoms with Crippen molar-refractivity contribution in [2.45, 2.75) is 66.0 Å². The van der Waals surface area contributed by atoms with Crippen LogP contribution in [0.5, 0.6) is 0 Å². The van der Waals surface area contributed by atoms with E-state index in [4.69, 9.17) is 11.6 Å². The van der Waals surface area contributed by atoms with E-state index in [1.807, 2.05) is 0 Å². The van der Waals surface area contributed by atoms with Crippen LogP contribution in [0.25, 0.3) is 0 Å². The molecule has 0 aliphatic rings. The summed E-state index contributed by atoms with van der Waals surface area (Å²) in [5, 5.41) is 4.29. The maximum absolute atomic E-state index is 6.52. The van der Waals surface area contributed by atoms with Crippen molar-refractivity contribution in [3.8, 4) is 0 Å². The van der Waals surface area contributed by atoms with Gasteiger partial charge in [0.25, 0.3) is 0 Å². The molecular formula is C18H31ClN2. The first kappa shape index (κ1) is 18.3. The molecule has 0 bridgehead atoms. The van der Waals surface area contributed by atoms with Crippen molar-refractivity contribution in [3.05, 3.63) is 28.8 Å². The van der Waals surface area contributed by atoms with Crippen LogP contribution in [-0.2, 0) is 6.54 Å². The molecule has 120 valence electrons. The minimum atomic E-state index is 0.475. The molecule has 0 heterocycles. The SMILES string of the molecule is CCCCCN(c1ccc(CNCCC)cc1Cl)C(C)C. The monoisotopic (exact) mass is 310 g/mol. The lowest BCUT2D eigenvalue weighted by Gasteiger charge is -2.30. The third-order valence-electron chi connectivity index (χ3n) is 3.70. The molecule has 0 unspecified atom stereocenters. The second kappa shape index (κ2) is 10.1. The molecule has 0 aliphatic heterocycles. The Morgan fingerprint density at radius 3 is 2.48 bits per heavy atom. The maximum atomic E-state index is 6.52. The van der Waals surface area contributed by atoms with Crippen LogP contribution in [0.4, 0.5) is 5.69 Å². The zero-order valence-corrected chi connectivity index (χ0v) is 14.8. The molecule has 0 aromatic heterocycles. The normalized spacial score (nSPS) is 11.1. The van der Waals surface area contributed by atoms with Gasteiger partial charge in [0.1, 0.15) is 0 Å². The molecule has 0 amide bonds. The maximum Gasteiger partial charge on any atom is 0.0642 e. The summed E-state index contributed by atoms with van der Waals surface area (Å²) in [7, 11) is 0. The van der Waals surface area contributed by atoms with E-state index >= 15 is 0 Å². The fraction of sp³-hybridized carbons (Fsp3) is 0.667. The number of unbranched alkanes of at least 4 members (excludes halogenated alkanes) is 2. The van der Waals surface area contributed by atoms with Gasteiger partial charge in [-0.3, -0.25) is 0 Å². The predicted octanol–water partition coefficient (Wildman–Crippen LogP) is 5.24. The van der Waals surface area contributed by atoms with Gasteiger partial charge in [0, 0.05) is 19.1 Å². The lowest BCUT2D eigenvalue weighted by Crippen LogP contribution is -2.32. The Morgan fingerprint density at radius 1 is 1.14 bits per heavy atom. The van der Waals surface area contributed by atoms with E-state index in [0.717, 1.165) is 31.1 Å². The minimum absolute atomic E-state index is 0.475. The van der Waals surface area contributed by atoms with Gasteiger partial charge < -0.3 is 10.2 Å². The number of anilines is 1. The lowest BCUT2D eigenvalue weighted by atomic mass is 10.1. The van der Waals surface area contributed by atoms with Crippen LogP contribution in [0.1, 0.15) is 58.9 Å². The highest BCUT2D eigenvalue weighted by Gasteiger charge is 2.13. The molecule has 0 saturated heterocycles. The van der Waals surface area contributed by atoms with Gasteiger partial charge in [-0.25, -0.2) is 0 Å². The number of nitrogens with zero attached hydrogens (tertiary/aromatic N) is 1. The summed E-state index contributed by atoms with van der Waals surface area (Å²) < 4.78 is 0. The van der Waals surface area contributed by atoms with Crippen LogP contribution in [0, 0.1) is 0 Å². The van der Waals surface area contributed by atoms with Gasteiger partial charge in [-0.05, 0) is 50.9 Å². The molecule has 3 heteroatoms. The van der Waals surface area contributed by atoms with E-state index in [0.29, 0.717) is 6.04 Å². The molecule has 0 atom stereocenters. The van der Waals surface area contributed by atoms with E-state index in [1.165, 1.54) is 30.5 Å². The first-order valence-electron chi connectivity index (χ1n) is 8.35. The van der Waals surface area contributed by atoms with Gasteiger partial charge in [0.15, 0.2) is 0 Å². The second-order valence-corrected chi connectivity index (χ2v) is 6.36. The van der Waals surface area contributed by atoms with Crippen molar-refractivity contribution in [2.75, 3.05) is 18.0 Å². The van der Waals surface area contributed by atoms with Crippen molar-refractivity contribution >= 4 is 17.3 Å². The summed E-state index contributed by atoms with van der Waals surface area (Å²) >= 11 is 6.52. The topological polar surface area (TPSA) is 15.3 Å². The molecule has 0 aliphatic carbocycles. The summed E-state index contributed by atoms with van der Waals surface area (Å²) in [5.41, 5.74) is 2.43. The second-order valence-electron chi connectivity index (χ2n) is 5.96. The first-order chi connectivity index (χ1) is 10.1. The van der Waals surface area contributed by atoms with Crippen LogP contribution in [0.2, 0.25) is 5.02 Å². The van der Waals surface area contributed by atoms with Crippen LogP contribution < -0.4 is 10.2 Å². The van der Waals surface area contributed by atoms with Crippen molar-refractivity contribution < 1.29 is 0 Å². The van der Waals surface area contributed by atoms with Crippen molar-refractivity contribution in [1.82, 2.24) is 5.32 Å². The molecule has 0 saturated carbocycles. The Hall–Kier alpha value is -0.730. The summed E-state index contributed by atoms with van der Waals surface area (Å²) in [6.45, 7) is 11.9. The smallest absolute Gasteiger partial charge is 0.0642 e. The molecule has 0 spiro atoms. The Morgan fingerprint density at radius 2 is 1.90 bits per heavy atom. The molecule has 1 aromatic carbocycles. The van der Waals surface area contributed by atoms with Gasteiger partial charge >= 0.3 is 0 Å². The Kier molecular flexibility index (Phi) is 8.79. The summed E-state index contributed by atoms with van der Waals surface area (Å²) in [6, 6.07) is 6.95. The number of benzene rings is 1. The molecule has 1 aromatic rings. The highest BCUT2D eigenvalue weighted by Crippen LogP contribution is 2.29. The van der Waals surface area contributed by atoms with E-state index in [-0.39, 0.29) is 0 Å². The van der Waals surface area contributed by atoms with Crippen molar-refractivity contribution in [2.24, 2.45) is 0 Å². The number of hydrogen-bond donors (Lipinski definition) is 1. The Balaban J connectivity index is 2.74. The molecule has 1 N–H and O–H groups in total. The van der Waals surface area contributed by atoms with Gasteiger partial charge in [-0.15, -0.1) is 0 Å². The number of halogens is 1. The third kappa shape index (κ3) is 6.27. The zero-order chi connectivity index (χ0) is 15.7. The predicted molar refractivity (Wildman–Crippen MR) is 95.5 cm³/mol. The minimum Gasteiger partial charge on any atom is -0.368 e. The zero-order valence-electron chi connectivity index (χ0n) is 14.1. The summed E-state index contributed by atoms with van der Waals surface area (Å²) in [4.78, 5) is 2.42. The van der Waals surface area contributed by atoms with E-state index in [9.17, 15) is 0 Å². The van der Waals surface area contributed by atoms with E-state index in [2.05, 4.69) is 56.1 Å². The fourth-order valence-corrected chi connectivity index (χ4v) is 2.80. The highest BCUT2D eigenvalue weighted by atomic mass is 35.5. The molecule has 21 heavy (non-hydrogen) atoms. The van der Waals surface area contributed by atoms with Gasteiger partial charge in [-0.2, -0.15) is 0 Å². The van der Waals surface area contributed by atoms with Crippen LogP contribution in [0.15, 0.2) is 18.2 Å². The molecule has 2 nitrogen and oxygen atoms in total. The molecule has 1 rings (SSSR count). The average molecular weight is 311 g/mol. The largest absolute Gasteiger partial charge is 0.368 e. The molecular weight excluding hydrogens is 280 g/mol. The van der Waals surface area contributed by atoms with Gasteiger partial charge in [0.2, 0.25) is 0 Å². The van der Waals surface area contributed by atoms with Crippen LogP contribution in [-0.4, -0.2) is 19.1 Å². The third-order valence-corrected chi connectivity index (χ3v) is 4.01. The van der Waals surface area contributed by atoms with Crippen LogP contribution >= 0.6 is 11.6 Å². The summed E-state index contributed by atoms with van der Waals surface area (Å²) in [5.74, 6) is 0. The van der Waals surface area contributed by atoms with E-state index in [1.54, 1.807) is 0 Å².